The average Bonchev–Trinajstić information content (AvgIpc) is 2.06. The van der Waals surface area contributed by atoms with Gasteiger partial charge in [0.1, 0.15) is 10.4 Å². The number of nitrogens with one attached hydrogen (secondary N) is 1. The quantitative estimate of drug-likeness (QED) is 0.647. The summed E-state index contributed by atoms with van der Waals surface area (Å²) < 4.78 is 2.99. The standard InChI is InChI=1S/C8H10NSi2/c1-2-7-5-3-4-6-8(7)11-9-10/h3-6,9H,2H2,1H3. The van der Waals surface area contributed by atoms with Crippen LogP contribution in [0.15, 0.2) is 24.3 Å². The molecule has 1 nitrogen and oxygen atoms in total. The maximum Gasteiger partial charge on any atom is 0.172 e. The highest BCUT2D eigenvalue weighted by atomic mass is 28.3. The second-order valence-electron chi connectivity index (χ2n) is 2.26. The molecule has 0 atom stereocenters. The molecule has 0 aromatic heterocycles. The van der Waals surface area contributed by atoms with Crippen LogP contribution in [0.2, 0.25) is 0 Å². The highest BCUT2D eigenvalue weighted by molar-refractivity contribution is 6.56. The predicted octanol–water partition coefficient (Wildman–Crippen LogP) is 0.167. The maximum atomic E-state index is 3.26. The molecule has 1 N–H and O–H groups in total. The minimum Gasteiger partial charge on any atom is -0.361 e. The van der Waals surface area contributed by atoms with Gasteiger partial charge in [0.25, 0.3) is 0 Å². The molecule has 1 aromatic carbocycles. The van der Waals surface area contributed by atoms with Crippen molar-refractivity contribution < 1.29 is 0 Å². The van der Waals surface area contributed by atoms with Gasteiger partial charge in [0.2, 0.25) is 0 Å². The van der Waals surface area contributed by atoms with Gasteiger partial charge in [-0.1, -0.05) is 31.2 Å². The van der Waals surface area contributed by atoms with Crippen molar-refractivity contribution in [2.45, 2.75) is 13.3 Å². The normalized spacial score (nSPS) is 10.0. The van der Waals surface area contributed by atoms with Gasteiger partial charge in [0, 0.05) is 0 Å². The Labute approximate surface area is 73.6 Å². The molecule has 3 heteroatoms. The van der Waals surface area contributed by atoms with E-state index in [0.29, 0.717) is 9.68 Å². The van der Waals surface area contributed by atoms with Gasteiger partial charge in [-0.15, -0.1) is 0 Å². The molecule has 0 spiro atoms. The van der Waals surface area contributed by atoms with Crippen molar-refractivity contribution in [2.75, 3.05) is 0 Å². The second-order valence-corrected chi connectivity index (χ2v) is 4.05. The van der Waals surface area contributed by atoms with Crippen molar-refractivity contribution in [1.82, 2.24) is 4.65 Å². The first-order valence-electron chi connectivity index (χ1n) is 3.64. The van der Waals surface area contributed by atoms with Gasteiger partial charge in [0.05, 0.1) is 0 Å². The minimum absolute atomic E-state index is 0.656. The largest absolute Gasteiger partial charge is 0.361 e. The first-order chi connectivity index (χ1) is 5.38. The highest BCUT2D eigenvalue weighted by Crippen LogP contribution is 1.94. The fourth-order valence-corrected chi connectivity index (χ4v) is 2.16. The molecular weight excluding hydrogens is 166 g/mol. The number of hydrogen-bond donors (Lipinski definition) is 1. The Morgan fingerprint density at radius 3 is 2.82 bits per heavy atom. The smallest absolute Gasteiger partial charge is 0.172 e. The number of benzene rings is 1. The van der Waals surface area contributed by atoms with E-state index in [1.807, 2.05) is 0 Å². The van der Waals surface area contributed by atoms with Gasteiger partial charge >= 0.3 is 0 Å². The van der Waals surface area contributed by atoms with E-state index in [1.54, 1.807) is 0 Å². The number of hydrogen-bond acceptors (Lipinski definition) is 1. The van der Waals surface area contributed by atoms with Crippen LogP contribution >= 0.6 is 0 Å². The van der Waals surface area contributed by atoms with Crippen LogP contribution in [-0.2, 0) is 6.42 Å². The van der Waals surface area contributed by atoms with Crippen LogP contribution in [0.3, 0.4) is 0 Å². The van der Waals surface area contributed by atoms with Crippen molar-refractivity contribution in [3.63, 3.8) is 0 Å². The molecule has 0 aliphatic rings. The van der Waals surface area contributed by atoms with E-state index >= 15 is 0 Å². The summed E-state index contributed by atoms with van der Waals surface area (Å²) in [6.07, 6.45) is 1.11. The second kappa shape index (κ2) is 4.48. The van der Waals surface area contributed by atoms with Crippen molar-refractivity contribution >= 4 is 25.3 Å². The minimum atomic E-state index is 0.656. The lowest BCUT2D eigenvalue weighted by atomic mass is 10.2. The molecule has 5 radical (unpaired) electrons. The van der Waals surface area contributed by atoms with Crippen LogP contribution in [-0.4, -0.2) is 20.1 Å². The van der Waals surface area contributed by atoms with Crippen molar-refractivity contribution in [2.24, 2.45) is 0 Å². The van der Waals surface area contributed by atoms with Gasteiger partial charge < -0.3 is 4.65 Å². The zero-order chi connectivity index (χ0) is 8.10. The third-order valence-corrected chi connectivity index (χ3v) is 2.85. The van der Waals surface area contributed by atoms with E-state index < -0.39 is 0 Å². The summed E-state index contributed by atoms with van der Waals surface area (Å²) >= 11 is 0. The fraction of sp³-hybridized carbons (Fsp3) is 0.250. The van der Waals surface area contributed by atoms with Gasteiger partial charge in [-0.05, 0) is 17.2 Å². The topological polar surface area (TPSA) is 12.0 Å². The highest BCUT2D eigenvalue weighted by Gasteiger charge is 1.97. The third-order valence-electron chi connectivity index (χ3n) is 1.60. The SMILES string of the molecule is CCc1ccccc1[Si]N[Si]. The molecule has 0 unspecified atom stereocenters. The van der Waals surface area contributed by atoms with Crippen LogP contribution in [0.4, 0.5) is 0 Å². The zero-order valence-electron chi connectivity index (χ0n) is 6.52. The Morgan fingerprint density at radius 2 is 2.18 bits per heavy atom. The summed E-state index contributed by atoms with van der Waals surface area (Å²) in [4.78, 5) is 0. The first-order valence-corrected chi connectivity index (χ1v) is 5.14. The van der Waals surface area contributed by atoms with Crippen LogP contribution in [0.25, 0.3) is 0 Å². The van der Waals surface area contributed by atoms with Crippen LogP contribution < -0.4 is 9.83 Å². The molecule has 0 aliphatic carbocycles. The molecule has 0 fully saturated rings. The molecule has 1 aromatic rings. The van der Waals surface area contributed by atoms with Gasteiger partial charge in [-0.25, -0.2) is 0 Å². The third kappa shape index (κ3) is 2.29. The van der Waals surface area contributed by atoms with E-state index in [0.717, 1.165) is 6.42 Å². The lowest BCUT2D eigenvalue weighted by Crippen LogP contribution is -2.30. The summed E-state index contributed by atoms with van der Waals surface area (Å²) in [6.45, 7) is 2.18. The van der Waals surface area contributed by atoms with E-state index in [2.05, 4.69) is 46.2 Å². The molecule has 0 saturated carbocycles. The molecular formula is C8H10NSi2. The Kier molecular flexibility index (Phi) is 3.55. The zero-order valence-corrected chi connectivity index (χ0v) is 8.52. The van der Waals surface area contributed by atoms with Crippen molar-refractivity contribution in [3.05, 3.63) is 29.8 Å². The molecule has 55 valence electrons. The van der Waals surface area contributed by atoms with E-state index in [9.17, 15) is 0 Å². The van der Waals surface area contributed by atoms with Crippen LogP contribution in [0.5, 0.6) is 0 Å². The van der Waals surface area contributed by atoms with Crippen molar-refractivity contribution in [3.8, 4) is 0 Å². The average molecular weight is 176 g/mol. The summed E-state index contributed by atoms with van der Waals surface area (Å²) in [7, 11) is 3.91. The summed E-state index contributed by atoms with van der Waals surface area (Å²) in [5, 5.41) is 1.39. The lowest BCUT2D eigenvalue weighted by molar-refractivity contribution is 1.15. The Morgan fingerprint density at radius 1 is 1.45 bits per heavy atom. The molecule has 1 rings (SSSR count). The number of rotatable bonds is 3. The van der Waals surface area contributed by atoms with Crippen molar-refractivity contribution in [1.29, 1.82) is 0 Å². The monoisotopic (exact) mass is 176 g/mol. The van der Waals surface area contributed by atoms with Crippen LogP contribution in [0, 0.1) is 0 Å². The van der Waals surface area contributed by atoms with Gasteiger partial charge in [-0.2, -0.15) is 0 Å². The van der Waals surface area contributed by atoms with E-state index in [4.69, 9.17) is 0 Å². The fourth-order valence-electron chi connectivity index (χ4n) is 1.02. The Hall–Kier alpha value is -0.386. The predicted molar refractivity (Wildman–Crippen MR) is 50.1 cm³/mol. The summed E-state index contributed by atoms with van der Waals surface area (Å²) in [5.74, 6) is 0. The first kappa shape index (κ1) is 8.71. The molecule has 11 heavy (non-hydrogen) atoms. The van der Waals surface area contributed by atoms with E-state index in [-0.39, 0.29) is 0 Å². The molecule has 0 amide bonds. The molecule has 0 saturated heterocycles. The van der Waals surface area contributed by atoms with E-state index in [1.165, 1.54) is 10.8 Å². The van der Waals surface area contributed by atoms with Gasteiger partial charge in [-0.3, -0.25) is 0 Å². The summed E-state index contributed by atoms with van der Waals surface area (Å²) in [6, 6.07) is 8.49. The van der Waals surface area contributed by atoms with Gasteiger partial charge in [0.15, 0.2) is 9.68 Å². The molecule has 0 heterocycles. The molecule has 0 aliphatic heterocycles. The number of aryl methyl sites for hydroxylation is 1. The lowest BCUT2D eigenvalue weighted by Gasteiger charge is -2.03. The van der Waals surface area contributed by atoms with Crippen LogP contribution in [0.1, 0.15) is 12.5 Å². The molecule has 0 bridgehead atoms. The summed E-state index contributed by atoms with van der Waals surface area (Å²) in [5.41, 5.74) is 1.43. The maximum absolute atomic E-state index is 3.26. The Balaban J connectivity index is 2.83. The Bertz CT molecular complexity index is 225.